The van der Waals surface area contributed by atoms with Crippen LogP contribution in [0.3, 0.4) is 0 Å². The maximum absolute atomic E-state index is 4.04. The molecule has 0 unspecified atom stereocenters. The molecule has 0 fully saturated rings. The van der Waals surface area contributed by atoms with Gasteiger partial charge in [0.15, 0.2) is 0 Å². The average Bonchev–Trinajstić information content (AvgIpc) is 2.33. The van der Waals surface area contributed by atoms with Gasteiger partial charge in [-0.25, -0.2) is 0 Å². The van der Waals surface area contributed by atoms with Crippen molar-refractivity contribution in [2.24, 2.45) is 0 Å². The van der Waals surface area contributed by atoms with Crippen LogP contribution in [0.4, 0.5) is 0 Å². The summed E-state index contributed by atoms with van der Waals surface area (Å²) < 4.78 is 1.04. The molecule has 1 aromatic heterocycles. The molecule has 0 spiro atoms. The van der Waals surface area contributed by atoms with E-state index in [-0.39, 0.29) is 0 Å². The van der Waals surface area contributed by atoms with Crippen LogP contribution < -0.4 is 4.98 Å². The van der Waals surface area contributed by atoms with Gasteiger partial charge in [-0.05, 0) is 23.2 Å². The van der Waals surface area contributed by atoms with Gasteiger partial charge in [-0.15, -0.1) is 0 Å². The fourth-order valence-electron chi connectivity index (χ4n) is 0.862. The summed E-state index contributed by atoms with van der Waals surface area (Å²) in [5, 5.41) is 0. The first-order valence-electron chi connectivity index (χ1n) is 2.89. The minimum Gasteiger partial charge on any atom is -0.443 e. The average molecular weight is 196 g/mol. The number of nitrogens with zero attached hydrogens (tertiary/aromatic N) is 2. The Morgan fingerprint density at radius 2 is 2.30 bits per heavy atom. The highest BCUT2D eigenvalue weighted by Gasteiger charge is 1.86. The number of aromatic nitrogens is 2. The van der Waals surface area contributed by atoms with E-state index in [1.54, 1.807) is 6.33 Å². The Labute approximate surface area is 66.4 Å². The maximum Gasteiger partial charge on any atom is 0.0177 e. The molecular formula is C7H4BrN2-. The number of rotatable bonds is 0. The second-order valence-electron chi connectivity index (χ2n) is 2.01. The highest BCUT2D eigenvalue weighted by Crippen LogP contribution is 2.15. The molecule has 0 aliphatic carbocycles. The van der Waals surface area contributed by atoms with Crippen LogP contribution in [0.2, 0.25) is 0 Å². The molecule has 50 valence electrons. The zero-order valence-electron chi connectivity index (χ0n) is 5.08. The van der Waals surface area contributed by atoms with Gasteiger partial charge in [-0.3, -0.25) is 0 Å². The van der Waals surface area contributed by atoms with Crippen LogP contribution >= 0.6 is 15.9 Å². The first kappa shape index (κ1) is 5.92. The number of benzene rings is 1. The molecule has 0 aliphatic heterocycles. The van der Waals surface area contributed by atoms with Crippen molar-refractivity contribution in [2.45, 2.75) is 0 Å². The van der Waals surface area contributed by atoms with Crippen molar-refractivity contribution in [3.05, 3.63) is 29.0 Å². The van der Waals surface area contributed by atoms with E-state index in [2.05, 4.69) is 25.9 Å². The maximum atomic E-state index is 4.04. The zero-order valence-corrected chi connectivity index (χ0v) is 6.67. The van der Waals surface area contributed by atoms with E-state index in [0.29, 0.717) is 0 Å². The van der Waals surface area contributed by atoms with Gasteiger partial charge in [0, 0.05) is 4.47 Å². The molecule has 0 amide bonds. The molecule has 2 rings (SSSR count). The van der Waals surface area contributed by atoms with Gasteiger partial charge in [0.2, 0.25) is 0 Å². The van der Waals surface area contributed by atoms with Crippen molar-refractivity contribution in [1.82, 2.24) is 9.97 Å². The van der Waals surface area contributed by atoms with E-state index >= 15 is 0 Å². The molecular weight excluding hydrogens is 192 g/mol. The van der Waals surface area contributed by atoms with Crippen LogP contribution in [0, 0.1) is 0 Å². The Morgan fingerprint density at radius 1 is 1.40 bits per heavy atom. The number of fused-ring (bicyclic) bond motifs is 1. The standard InChI is InChI=1S/C7H4BrN2/c8-5-1-2-6-7(3-5)10-4-9-6/h1-4H/q-1. The summed E-state index contributed by atoms with van der Waals surface area (Å²) in [7, 11) is 0. The molecule has 3 heteroatoms. The van der Waals surface area contributed by atoms with Crippen LogP contribution in [0.15, 0.2) is 29.0 Å². The molecule has 0 N–H and O–H groups in total. The lowest BCUT2D eigenvalue weighted by Crippen LogP contribution is -1.68. The van der Waals surface area contributed by atoms with Gasteiger partial charge in [0.05, 0.1) is 0 Å². The quantitative estimate of drug-likeness (QED) is 0.643. The summed E-state index contributed by atoms with van der Waals surface area (Å²) in [6.07, 6.45) is 1.57. The molecule has 0 aliphatic rings. The van der Waals surface area contributed by atoms with Crippen LogP contribution in [0.25, 0.3) is 11.0 Å². The number of hydrogen-bond acceptors (Lipinski definition) is 1. The van der Waals surface area contributed by atoms with Crippen molar-refractivity contribution < 1.29 is 0 Å². The van der Waals surface area contributed by atoms with Gasteiger partial charge in [0.25, 0.3) is 0 Å². The summed E-state index contributed by atoms with van der Waals surface area (Å²) >= 11 is 3.35. The molecule has 2 nitrogen and oxygen atoms in total. The summed E-state index contributed by atoms with van der Waals surface area (Å²) in [4.78, 5) is 8.07. The minimum atomic E-state index is 0.939. The molecule has 0 saturated heterocycles. The predicted molar refractivity (Wildman–Crippen MR) is 42.8 cm³/mol. The molecule has 10 heavy (non-hydrogen) atoms. The molecule has 0 saturated carbocycles. The van der Waals surface area contributed by atoms with Gasteiger partial charge >= 0.3 is 0 Å². The third-order valence-corrected chi connectivity index (χ3v) is 1.82. The topological polar surface area (TPSA) is 27.0 Å². The molecule has 1 aromatic carbocycles. The third kappa shape index (κ3) is 0.827. The van der Waals surface area contributed by atoms with Crippen molar-refractivity contribution in [1.29, 1.82) is 0 Å². The molecule has 2 aromatic rings. The predicted octanol–water partition coefficient (Wildman–Crippen LogP) is 1.95. The first-order chi connectivity index (χ1) is 4.86. The Kier molecular flexibility index (Phi) is 1.24. The normalized spacial score (nSPS) is 10.5. The van der Waals surface area contributed by atoms with Gasteiger partial charge in [-0.2, -0.15) is 0 Å². The van der Waals surface area contributed by atoms with Crippen molar-refractivity contribution in [3.63, 3.8) is 0 Å². The molecule has 0 atom stereocenters. The fraction of sp³-hybridized carbons (Fsp3) is 0. The second-order valence-corrected chi connectivity index (χ2v) is 2.92. The molecule has 1 heterocycles. The van der Waals surface area contributed by atoms with Crippen LogP contribution in [0.1, 0.15) is 0 Å². The highest BCUT2D eigenvalue weighted by atomic mass is 79.9. The minimum absolute atomic E-state index is 0.939. The molecule has 0 radical (unpaired) electrons. The van der Waals surface area contributed by atoms with E-state index in [1.165, 1.54) is 0 Å². The summed E-state index contributed by atoms with van der Waals surface area (Å²) in [6.45, 7) is 0. The summed E-state index contributed by atoms with van der Waals surface area (Å²) in [5.74, 6) is 0. The Hall–Kier alpha value is -0.830. The van der Waals surface area contributed by atoms with Crippen LogP contribution in [-0.2, 0) is 0 Å². The monoisotopic (exact) mass is 195 g/mol. The first-order valence-corrected chi connectivity index (χ1v) is 3.68. The molecule has 0 bridgehead atoms. The highest BCUT2D eigenvalue weighted by molar-refractivity contribution is 9.10. The van der Waals surface area contributed by atoms with Crippen molar-refractivity contribution >= 4 is 27.0 Å². The number of halogens is 1. The van der Waals surface area contributed by atoms with Crippen molar-refractivity contribution in [3.8, 4) is 0 Å². The van der Waals surface area contributed by atoms with E-state index in [9.17, 15) is 0 Å². The Bertz CT molecular complexity index is 353. The second kappa shape index (κ2) is 2.09. The van der Waals surface area contributed by atoms with E-state index in [0.717, 1.165) is 15.5 Å². The lowest BCUT2D eigenvalue weighted by atomic mass is 10.3. The van der Waals surface area contributed by atoms with Gasteiger partial charge in [0.1, 0.15) is 0 Å². The SMILES string of the molecule is Brc1ccc2[n-]cnc2c1. The largest absolute Gasteiger partial charge is 0.443 e. The summed E-state index contributed by atoms with van der Waals surface area (Å²) in [6, 6.07) is 5.84. The third-order valence-electron chi connectivity index (χ3n) is 1.33. The Balaban J connectivity index is 2.86. The van der Waals surface area contributed by atoms with Crippen molar-refractivity contribution in [2.75, 3.05) is 0 Å². The van der Waals surface area contributed by atoms with E-state index in [1.807, 2.05) is 18.2 Å². The lowest BCUT2D eigenvalue weighted by molar-refractivity contribution is 1.32. The number of imidazole rings is 1. The zero-order chi connectivity index (χ0) is 6.97. The summed E-state index contributed by atoms with van der Waals surface area (Å²) in [5.41, 5.74) is 1.89. The van der Waals surface area contributed by atoms with Gasteiger partial charge in [-0.1, -0.05) is 28.3 Å². The number of hydrogen-bond donors (Lipinski definition) is 0. The van der Waals surface area contributed by atoms with Crippen LogP contribution in [0.5, 0.6) is 0 Å². The van der Waals surface area contributed by atoms with E-state index < -0.39 is 0 Å². The Morgan fingerprint density at radius 3 is 3.20 bits per heavy atom. The lowest BCUT2D eigenvalue weighted by Gasteiger charge is -1.93. The van der Waals surface area contributed by atoms with Gasteiger partial charge < -0.3 is 9.97 Å². The fourth-order valence-corrected chi connectivity index (χ4v) is 1.21. The van der Waals surface area contributed by atoms with Crippen LogP contribution in [-0.4, -0.2) is 4.98 Å². The van der Waals surface area contributed by atoms with E-state index in [4.69, 9.17) is 0 Å². The smallest absolute Gasteiger partial charge is 0.0177 e.